The summed E-state index contributed by atoms with van der Waals surface area (Å²) in [4.78, 5) is 6.13. The van der Waals surface area contributed by atoms with E-state index in [-0.39, 0.29) is 12.4 Å². The average Bonchev–Trinajstić information content (AvgIpc) is 2.36. The van der Waals surface area contributed by atoms with Crippen LogP contribution in [0.3, 0.4) is 0 Å². The van der Waals surface area contributed by atoms with Gasteiger partial charge in [0.2, 0.25) is 0 Å². The topological polar surface area (TPSA) is 35.8 Å². The first-order valence-electron chi connectivity index (χ1n) is 3.84. The van der Waals surface area contributed by atoms with Crippen molar-refractivity contribution in [3.63, 3.8) is 0 Å². The highest BCUT2D eigenvalue weighted by molar-refractivity contribution is 5.85. The molecule has 0 aromatic carbocycles. The van der Waals surface area contributed by atoms with Gasteiger partial charge in [-0.15, -0.1) is 19.0 Å². The van der Waals surface area contributed by atoms with Gasteiger partial charge >= 0.3 is 0 Å². The van der Waals surface area contributed by atoms with Crippen LogP contribution in [0.4, 0.5) is 0 Å². The molecule has 1 unspecified atom stereocenters. The van der Waals surface area contributed by atoms with E-state index in [4.69, 9.17) is 0 Å². The van der Waals surface area contributed by atoms with Crippen LogP contribution < -0.4 is 0 Å². The highest BCUT2D eigenvalue weighted by Gasteiger charge is 2.18. The second-order valence-corrected chi connectivity index (χ2v) is 2.62. The van der Waals surface area contributed by atoms with Crippen molar-refractivity contribution < 1.29 is 5.11 Å². The summed E-state index contributed by atoms with van der Waals surface area (Å²) in [5.74, 6) is 0.954. The van der Waals surface area contributed by atoms with E-state index in [1.807, 2.05) is 4.90 Å². The second-order valence-electron chi connectivity index (χ2n) is 2.62. The molecular formula is C8H15ClN2O. The van der Waals surface area contributed by atoms with E-state index in [1.54, 1.807) is 13.0 Å². The van der Waals surface area contributed by atoms with Crippen molar-refractivity contribution in [3.8, 4) is 0 Å². The van der Waals surface area contributed by atoms with Gasteiger partial charge < -0.3 is 10.0 Å². The van der Waals surface area contributed by atoms with Crippen molar-refractivity contribution in [2.24, 2.45) is 4.99 Å². The normalized spacial score (nSPS) is 18.2. The van der Waals surface area contributed by atoms with Crippen molar-refractivity contribution in [3.05, 3.63) is 12.7 Å². The van der Waals surface area contributed by atoms with Gasteiger partial charge in [0.1, 0.15) is 12.1 Å². The molecule has 12 heavy (non-hydrogen) atoms. The molecule has 1 rings (SSSR count). The fourth-order valence-corrected chi connectivity index (χ4v) is 1.22. The number of amidine groups is 1. The van der Waals surface area contributed by atoms with Crippen LogP contribution in [0, 0.1) is 0 Å². The maximum absolute atomic E-state index is 9.26. The third kappa shape index (κ3) is 2.50. The Hall–Kier alpha value is -0.540. The van der Waals surface area contributed by atoms with Gasteiger partial charge in [0, 0.05) is 13.0 Å². The molecule has 0 fully saturated rings. The summed E-state index contributed by atoms with van der Waals surface area (Å²) in [6, 6.07) is 0. The van der Waals surface area contributed by atoms with Gasteiger partial charge in [-0.05, 0) is 6.92 Å². The molecule has 70 valence electrons. The minimum absolute atomic E-state index is 0. The zero-order valence-corrected chi connectivity index (χ0v) is 8.05. The smallest absolute Gasteiger partial charge is 0.125 e. The summed E-state index contributed by atoms with van der Waals surface area (Å²) in [5, 5.41) is 9.26. The molecule has 0 bridgehead atoms. The van der Waals surface area contributed by atoms with Crippen molar-refractivity contribution >= 4 is 18.2 Å². The fraction of sp³-hybridized carbons (Fsp3) is 0.625. The summed E-state index contributed by atoms with van der Waals surface area (Å²) < 4.78 is 0. The van der Waals surface area contributed by atoms with E-state index in [2.05, 4.69) is 11.6 Å². The van der Waals surface area contributed by atoms with Gasteiger partial charge in [0.15, 0.2) is 0 Å². The Morgan fingerprint density at radius 3 is 3.00 bits per heavy atom. The third-order valence-corrected chi connectivity index (χ3v) is 1.74. The number of halogens is 1. The Balaban J connectivity index is 0.00000121. The molecule has 1 aliphatic heterocycles. The Labute approximate surface area is 79.2 Å². The van der Waals surface area contributed by atoms with E-state index < -0.39 is 6.23 Å². The SMILES string of the molecule is C=CCC1=NCCN1C(C)O.Cl. The van der Waals surface area contributed by atoms with E-state index in [0.29, 0.717) is 0 Å². The molecule has 0 aromatic heterocycles. The van der Waals surface area contributed by atoms with Gasteiger partial charge in [-0.3, -0.25) is 4.99 Å². The van der Waals surface area contributed by atoms with Gasteiger partial charge in [-0.25, -0.2) is 0 Å². The predicted molar refractivity (Wildman–Crippen MR) is 52.8 cm³/mol. The number of aliphatic hydroxyl groups excluding tert-OH is 1. The molecule has 0 spiro atoms. The van der Waals surface area contributed by atoms with Crippen LogP contribution in [0.25, 0.3) is 0 Å². The maximum atomic E-state index is 9.26. The quantitative estimate of drug-likeness (QED) is 0.675. The Bertz CT molecular complexity index is 180. The molecule has 1 aliphatic rings. The van der Waals surface area contributed by atoms with Crippen LogP contribution in [0.1, 0.15) is 13.3 Å². The van der Waals surface area contributed by atoms with Gasteiger partial charge in [-0.1, -0.05) is 6.08 Å². The first kappa shape index (κ1) is 11.5. The summed E-state index contributed by atoms with van der Waals surface area (Å²) in [6.45, 7) is 7.02. The third-order valence-electron chi connectivity index (χ3n) is 1.74. The summed E-state index contributed by atoms with van der Waals surface area (Å²) in [5.41, 5.74) is 0. The van der Waals surface area contributed by atoms with Crippen LogP contribution in [-0.4, -0.2) is 35.2 Å². The minimum Gasteiger partial charge on any atom is -0.374 e. The number of aliphatic hydroxyl groups is 1. The average molecular weight is 191 g/mol. The summed E-state index contributed by atoms with van der Waals surface area (Å²) in [7, 11) is 0. The van der Waals surface area contributed by atoms with Crippen LogP contribution in [-0.2, 0) is 0 Å². The number of aliphatic imine (C=N–C) groups is 1. The monoisotopic (exact) mass is 190 g/mol. The molecule has 0 amide bonds. The number of hydrogen-bond donors (Lipinski definition) is 1. The molecular weight excluding hydrogens is 176 g/mol. The molecule has 3 nitrogen and oxygen atoms in total. The van der Waals surface area contributed by atoms with Gasteiger partial charge in [-0.2, -0.15) is 0 Å². The molecule has 1 atom stereocenters. The minimum atomic E-state index is -0.420. The fourth-order valence-electron chi connectivity index (χ4n) is 1.22. The molecule has 0 radical (unpaired) electrons. The lowest BCUT2D eigenvalue weighted by atomic mass is 10.3. The predicted octanol–water partition coefficient (Wildman–Crippen LogP) is 1.04. The number of nitrogens with zero attached hydrogens (tertiary/aromatic N) is 2. The maximum Gasteiger partial charge on any atom is 0.125 e. The number of hydrogen-bond acceptors (Lipinski definition) is 3. The molecule has 0 saturated carbocycles. The van der Waals surface area contributed by atoms with Crippen LogP contribution in [0.2, 0.25) is 0 Å². The highest BCUT2D eigenvalue weighted by atomic mass is 35.5. The van der Waals surface area contributed by atoms with Gasteiger partial charge in [0.05, 0.1) is 6.54 Å². The molecule has 4 heteroatoms. The first-order chi connectivity index (χ1) is 5.25. The zero-order chi connectivity index (χ0) is 8.27. The van der Waals surface area contributed by atoms with Gasteiger partial charge in [0.25, 0.3) is 0 Å². The Kier molecular flexibility index (Phi) is 4.93. The molecule has 0 aromatic rings. The first-order valence-corrected chi connectivity index (χ1v) is 3.84. The lowest BCUT2D eigenvalue weighted by Crippen LogP contribution is -2.35. The largest absolute Gasteiger partial charge is 0.374 e. The van der Waals surface area contributed by atoms with Crippen molar-refractivity contribution in [2.45, 2.75) is 19.6 Å². The van der Waals surface area contributed by atoms with E-state index in [0.717, 1.165) is 25.3 Å². The second kappa shape index (κ2) is 5.17. The van der Waals surface area contributed by atoms with Crippen LogP contribution in [0.15, 0.2) is 17.6 Å². The molecule has 0 saturated heterocycles. The van der Waals surface area contributed by atoms with E-state index in [1.165, 1.54) is 0 Å². The highest BCUT2D eigenvalue weighted by Crippen LogP contribution is 2.07. The Morgan fingerprint density at radius 1 is 1.83 bits per heavy atom. The lowest BCUT2D eigenvalue weighted by Gasteiger charge is -2.22. The molecule has 1 N–H and O–H groups in total. The van der Waals surface area contributed by atoms with Crippen LogP contribution >= 0.6 is 12.4 Å². The van der Waals surface area contributed by atoms with Crippen LogP contribution in [0.5, 0.6) is 0 Å². The standard InChI is InChI=1S/C8H14N2O.ClH/c1-3-4-8-9-5-6-10(8)7(2)11;/h3,7,11H,1,4-6H2,2H3;1H. The summed E-state index contributed by atoms with van der Waals surface area (Å²) in [6.07, 6.45) is 2.14. The summed E-state index contributed by atoms with van der Waals surface area (Å²) >= 11 is 0. The van der Waals surface area contributed by atoms with Crippen molar-refractivity contribution in [2.75, 3.05) is 13.1 Å². The number of rotatable bonds is 3. The van der Waals surface area contributed by atoms with Crippen molar-refractivity contribution in [1.82, 2.24) is 4.90 Å². The Morgan fingerprint density at radius 2 is 2.50 bits per heavy atom. The zero-order valence-electron chi connectivity index (χ0n) is 7.23. The van der Waals surface area contributed by atoms with Crippen molar-refractivity contribution in [1.29, 1.82) is 0 Å². The molecule has 0 aliphatic carbocycles. The molecule has 1 heterocycles. The van der Waals surface area contributed by atoms with E-state index in [9.17, 15) is 5.11 Å². The lowest BCUT2D eigenvalue weighted by molar-refractivity contribution is 0.0772. The van der Waals surface area contributed by atoms with E-state index >= 15 is 0 Å².